The molecule has 0 radical (unpaired) electrons. The Morgan fingerprint density at radius 2 is 1.29 bits per heavy atom. The lowest BCUT2D eigenvalue weighted by Crippen LogP contribution is -2.29. The molecule has 0 aromatic carbocycles. The van der Waals surface area contributed by atoms with E-state index < -0.39 is 26.5 Å². The van der Waals surface area contributed by atoms with Gasteiger partial charge in [0.05, 0.1) is 25.4 Å². The minimum atomic E-state index is -4.37. The molecule has 0 amide bonds. The summed E-state index contributed by atoms with van der Waals surface area (Å²) in [6.07, 6.45) is 29.7. The zero-order valence-corrected chi connectivity index (χ0v) is 31.3. The second-order valence-corrected chi connectivity index (χ2v) is 14.6. The molecule has 0 aliphatic carbocycles. The Kier molecular flexibility index (Phi) is 28.4. The highest BCUT2D eigenvalue weighted by atomic mass is 31.2. The van der Waals surface area contributed by atoms with Gasteiger partial charge in [0.2, 0.25) is 0 Å². The normalized spacial score (nSPS) is 17.8. The SMILES string of the molecule is CCCCC/C=C\CC1OC1CCCCCCCC(=O)O[C@H](COC(=O)CCCCCCCCCCCCC)COP(=O)(O)OCCN. The van der Waals surface area contributed by atoms with Crippen molar-refractivity contribution < 1.29 is 42.3 Å². The van der Waals surface area contributed by atoms with Gasteiger partial charge in [0.25, 0.3) is 0 Å². The number of unbranched alkanes of at least 4 members (excludes halogenated alkanes) is 17. The van der Waals surface area contributed by atoms with Gasteiger partial charge >= 0.3 is 19.8 Å². The van der Waals surface area contributed by atoms with Crippen molar-refractivity contribution in [1.82, 2.24) is 0 Å². The Morgan fingerprint density at radius 1 is 0.729 bits per heavy atom. The number of hydrogen-bond acceptors (Lipinski definition) is 9. The molecule has 10 nitrogen and oxygen atoms in total. The number of ether oxygens (including phenoxy) is 3. The first-order valence-electron chi connectivity index (χ1n) is 19.3. The fourth-order valence-electron chi connectivity index (χ4n) is 5.58. The fraction of sp³-hybridized carbons (Fsp3) is 0.892. The van der Waals surface area contributed by atoms with Gasteiger partial charge in [-0.1, -0.05) is 129 Å². The van der Waals surface area contributed by atoms with Gasteiger partial charge in [-0.05, 0) is 38.5 Å². The Hall–Kier alpha value is -1.29. The third-order valence-corrected chi connectivity index (χ3v) is 9.56. The van der Waals surface area contributed by atoms with Crippen LogP contribution in [0.5, 0.6) is 0 Å². The second-order valence-electron chi connectivity index (χ2n) is 13.2. The number of epoxide rings is 1. The van der Waals surface area contributed by atoms with E-state index in [1.807, 2.05) is 0 Å². The smallest absolute Gasteiger partial charge is 0.462 e. The van der Waals surface area contributed by atoms with Gasteiger partial charge < -0.3 is 24.8 Å². The molecule has 0 aromatic rings. The van der Waals surface area contributed by atoms with Crippen molar-refractivity contribution >= 4 is 19.8 Å². The molecule has 1 aliphatic heterocycles. The Bertz CT molecular complexity index is 872. The highest BCUT2D eigenvalue weighted by molar-refractivity contribution is 7.47. The third kappa shape index (κ3) is 27.5. The number of carbonyl (C=O) groups excluding carboxylic acids is 2. The van der Waals surface area contributed by atoms with Crippen LogP contribution in [0.15, 0.2) is 12.2 Å². The zero-order valence-electron chi connectivity index (χ0n) is 30.4. The van der Waals surface area contributed by atoms with Gasteiger partial charge in [0.15, 0.2) is 6.10 Å². The highest BCUT2D eigenvalue weighted by Gasteiger charge is 2.36. The van der Waals surface area contributed by atoms with E-state index in [1.54, 1.807) is 0 Å². The molecule has 48 heavy (non-hydrogen) atoms. The van der Waals surface area contributed by atoms with Crippen LogP contribution in [-0.2, 0) is 37.4 Å². The van der Waals surface area contributed by atoms with E-state index >= 15 is 0 Å². The number of nitrogens with two attached hydrogens (primary N) is 1. The summed E-state index contributed by atoms with van der Waals surface area (Å²) in [4.78, 5) is 34.7. The zero-order chi connectivity index (χ0) is 35.1. The number of esters is 2. The number of carbonyl (C=O) groups is 2. The van der Waals surface area contributed by atoms with E-state index in [0.29, 0.717) is 18.6 Å². The van der Waals surface area contributed by atoms with Crippen LogP contribution in [0, 0.1) is 0 Å². The predicted octanol–water partition coefficient (Wildman–Crippen LogP) is 9.26. The molecule has 1 heterocycles. The molecule has 1 saturated heterocycles. The molecule has 0 spiro atoms. The average molecular weight is 704 g/mol. The van der Waals surface area contributed by atoms with Crippen LogP contribution in [0.25, 0.3) is 0 Å². The van der Waals surface area contributed by atoms with Crippen molar-refractivity contribution in [3.05, 3.63) is 12.2 Å². The summed E-state index contributed by atoms with van der Waals surface area (Å²) in [6, 6.07) is 0. The van der Waals surface area contributed by atoms with Crippen LogP contribution in [0.1, 0.15) is 168 Å². The van der Waals surface area contributed by atoms with Crippen LogP contribution < -0.4 is 5.73 Å². The molecule has 4 atom stereocenters. The van der Waals surface area contributed by atoms with Gasteiger partial charge in [-0.25, -0.2) is 4.57 Å². The summed E-state index contributed by atoms with van der Waals surface area (Å²) < 4.78 is 38.4. The van der Waals surface area contributed by atoms with Crippen molar-refractivity contribution in [2.75, 3.05) is 26.4 Å². The largest absolute Gasteiger partial charge is 0.472 e. The maximum absolute atomic E-state index is 12.5. The summed E-state index contributed by atoms with van der Waals surface area (Å²) >= 11 is 0. The van der Waals surface area contributed by atoms with Crippen molar-refractivity contribution in [1.29, 1.82) is 0 Å². The molecule has 0 aromatic heterocycles. The van der Waals surface area contributed by atoms with E-state index in [2.05, 4.69) is 26.0 Å². The second kappa shape index (κ2) is 30.5. The molecule has 0 bridgehead atoms. The first-order valence-corrected chi connectivity index (χ1v) is 20.8. The maximum Gasteiger partial charge on any atom is 0.472 e. The first kappa shape index (κ1) is 44.7. The Labute approximate surface area is 292 Å². The molecule has 282 valence electrons. The summed E-state index contributed by atoms with van der Waals surface area (Å²) in [6.45, 7) is 3.66. The summed E-state index contributed by atoms with van der Waals surface area (Å²) in [5.41, 5.74) is 5.33. The number of phosphoric acid groups is 1. The third-order valence-electron chi connectivity index (χ3n) is 8.58. The summed E-state index contributed by atoms with van der Waals surface area (Å²) in [7, 11) is -4.37. The molecule has 1 aliphatic rings. The van der Waals surface area contributed by atoms with Crippen LogP contribution in [0.4, 0.5) is 0 Å². The van der Waals surface area contributed by atoms with Gasteiger partial charge in [-0.15, -0.1) is 0 Å². The minimum Gasteiger partial charge on any atom is -0.462 e. The van der Waals surface area contributed by atoms with E-state index in [9.17, 15) is 19.0 Å². The maximum atomic E-state index is 12.5. The lowest BCUT2D eigenvalue weighted by Gasteiger charge is -2.19. The highest BCUT2D eigenvalue weighted by Crippen LogP contribution is 2.43. The van der Waals surface area contributed by atoms with Crippen molar-refractivity contribution in [2.24, 2.45) is 5.73 Å². The predicted molar refractivity (Wildman–Crippen MR) is 192 cm³/mol. The first-order chi connectivity index (χ1) is 23.3. The molecule has 1 fully saturated rings. The number of hydrogen-bond donors (Lipinski definition) is 2. The van der Waals surface area contributed by atoms with Crippen LogP contribution in [0.2, 0.25) is 0 Å². The van der Waals surface area contributed by atoms with Crippen LogP contribution in [0.3, 0.4) is 0 Å². The molecular weight excluding hydrogens is 633 g/mol. The lowest BCUT2D eigenvalue weighted by atomic mass is 10.1. The molecule has 3 N–H and O–H groups in total. The van der Waals surface area contributed by atoms with Gasteiger partial charge in [-0.2, -0.15) is 0 Å². The Morgan fingerprint density at radius 3 is 1.92 bits per heavy atom. The summed E-state index contributed by atoms with van der Waals surface area (Å²) in [5, 5.41) is 0. The fourth-order valence-corrected chi connectivity index (χ4v) is 6.35. The quantitative estimate of drug-likeness (QED) is 0.0215. The van der Waals surface area contributed by atoms with Crippen molar-refractivity contribution in [2.45, 2.75) is 186 Å². The lowest BCUT2D eigenvalue weighted by molar-refractivity contribution is -0.161. The molecular formula is C37H70NO9P. The number of rotatable bonds is 35. The van der Waals surface area contributed by atoms with Gasteiger partial charge in [0, 0.05) is 19.4 Å². The molecule has 3 unspecified atom stereocenters. The average Bonchev–Trinajstić information content (AvgIpc) is 3.82. The van der Waals surface area contributed by atoms with Crippen molar-refractivity contribution in [3.63, 3.8) is 0 Å². The number of allylic oxidation sites excluding steroid dienone is 1. The van der Waals surface area contributed by atoms with Crippen LogP contribution >= 0.6 is 7.82 Å². The Balaban J connectivity index is 2.22. The van der Waals surface area contributed by atoms with Gasteiger partial charge in [-0.3, -0.25) is 18.6 Å². The van der Waals surface area contributed by atoms with Crippen molar-refractivity contribution in [3.8, 4) is 0 Å². The van der Waals surface area contributed by atoms with E-state index in [1.165, 1.54) is 70.6 Å². The van der Waals surface area contributed by atoms with E-state index in [-0.39, 0.29) is 38.6 Å². The molecule has 11 heteroatoms. The minimum absolute atomic E-state index is 0.0503. The standard InChI is InChI=1S/C37H70NO9P/c1-3-5-7-9-11-12-13-14-15-19-23-27-36(39)43-31-33(32-45-48(41,42)44-30-29-38)46-37(40)28-24-20-16-18-22-26-35-34(47-35)25-21-17-10-8-6-4-2/h17,21,33-35H,3-16,18-20,22-32,38H2,1-2H3,(H,41,42)/b21-17-/t33-,34?,35?/m1/s1. The van der Waals surface area contributed by atoms with E-state index in [4.69, 9.17) is 29.0 Å². The van der Waals surface area contributed by atoms with Crippen LogP contribution in [-0.4, -0.2) is 61.5 Å². The monoisotopic (exact) mass is 703 g/mol. The topological polar surface area (TPSA) is 147 Å². The van der Waals surface area contributed by atoms with E-state index in [0.717, 1.165) is 64.2 Å². The molecule has 1 rings (SSSR count). The summed E-state index contributed by atoms with van der Waals surface area (Å²) in [5.74, 6) is -0.849. The molecule has 0 saturated carbocycles. The number of phosphoric ester groups is 1. The van der Waals surface area contributed by atoms with Gasteiger partial charge in [0.1, 0.15) is 6.61 Å².